The van der Waals surface area contributed by atoms with Crippen molar-refractivity contribution in [1.29, 1.82) is 0 Å². The van der Waals surface area contributed by atoms with E-state index in [0.29, 0.717) is 23.7 Å². The number of nitrogens with one attached hydrogen (secondary N) is 2. The summed E-state index contributed by atoms with van der Waals surface area (Å²) in [6.45, 7) is 0.472. The number of benzene rings is 1. The number of carbonyl (C=O) groups is 1. The number of fused-ring (bicyclic) bond motifs is 1. The van der Waals surface area contributed by atoms with Crippen LogP contribution in [0.25, 0.3) is 10.9 Å². The van der Waals surface area contributed by atoms with Crippen molar-refractivity contribution in [2.75, 3.05) is 10.6 Å². The Morgan fingerprint density at radius 3 is 2.65 bits per heavy atom. The molecule has 4 rings (SSSR count). The predicted octanol–water partition coefficient (Wildman–Crippen LogP) is 3.48. The van der Waals surface area contributed by atoms with E-state index in [9.17, 15) is 4.79 Å². The zero-order valence-corrected chi connectivity index (χ0v) is 13.7. The molecule has 0 atom stereocenters. The number of rotatable bonds is 5. The molecule has 0 aliphatic heterocycles. The van der Waals surface area contributed by atoms with E-state index in [2.05, 4.69) is 25.6 Å². The van der Waals surface area contributed by atoms with Gasteiger partial charge in [-0.3, -0.25) is 9.78 Å². The zero-order chi connectivity index (χ0) is 17.8. The van der Waals surface area contributed by atoms with E-state index in [-0.39, 0.29) is 5.91 Å². The molecule has 26 heavy (non-hydrogen) atoms. The number of hydrogen-bond donors (Lipinski definition) is 2. The van der Waals surface area contributed by atoms with E-state index >= 15 is 0 Å². The second-order valence-electron chi connectivity index (χ2n) is 5.56. The minimum Gasteiger partial charge on any atom is -0.467 e. The van der Waals surface area contributed by atoms with Gasteiger partial charge in [-0.1, -0.05) is 18.2 Å². The smallest absolute Gasteiger partial charge is 0.258 e. The zero-order valence-electron chi connectivity index (χ0n) is 13.7. The van der Waals surface area contributed by atoms with E-state index in [1.165, 1.54) is 12.4 Å². The van der Waals surface area contributed by atoms with Crippen molar-refractivity contribution in [1.82, 2.24) is 15.0 Å². The summed E-state index contributed by atoms with van der Waals surface area (Å²) in [4.78, 5) is 25.1. The first-order chi connectivity index (χ1) is 12.8. The fourth-order valence-electron chi connectivity index (χ4n) is 2.52. The monoisotopic (exact) mass is 345 g/mol. The van der Waals surface area contributed by atoms with Crippen LogP contribution in [0.15, 0.2) is 71.7 Å². The number of amides is 1. The Morgan fingerprint density at radius 2 is 1.85 bits per heavy atom. The van der Waals surface area contributed by atoms with Crippen LogP contribution < -0.4 is 10.6 Å². The molecular weight excluding hydrogens is 330 g/mol. The third-order valence-electron chi connectivity index (χ3n) is 3.80. The summed E-state index contributed by atoms with van der Waals surface area (Å²) in [5, 5.41) is 6.85. The quantitative estimate of drug-likeness (QED) is 0.575. The average Bonchev–Trinajstić information content (AvgIpc) is 3.21. The molecule has 3 aromatic heterocycles. The Morgan fingerprint density at radius 1 is 1.00 bits per heavy atom. The first-order valence-electron chi connectivity index (χ1n) is 8.03. The van der Waals surface area contributed by atoms with Gasteiger partial charge < -0.3 is 15.1 Å². The van der Waals surface area contributed by atoms with Crippen molar-refractivity contribution in [3.8, 4) is 0 Å². The largest absolute Gasteiger partial charge is 0.467 e. The molecule has 0 bridgehead atoms. The summed E-state index contributed by atoms with van der Waals surface area (Å²) in [5.74, 6) is 0.907. The van der Waals surface area contributed by atoms with Gasteiger partial charge >= 0.3 is 0 Å². The highest BCUT2D eigenvalue weighted by molar-refractivity contribution is 6.08. The molecule has 128 valence electrons. The summed E-state index contributed by atoms with van der Waals surface area (Å²) >= 11 is 0. The molecular formula is C19H15N5O2. The van der Waals surface area contributed by atoms with Crippen LogP contribution in [-0.2, 0) is 6.54 Å². The van der Waals surface area contributed by atoms with Gasteiger partial charge in [0.05, 0.1) is 29.6 Å². The number of para-hydroxylation sites is 1. The van der Waals surface area contributed by atoms with E-state index in [1.807, 2.05) is 42.5 Å². The summed E-state index contributed by atoms with van der Waals surface area (Å²) in [6, 6.07) is 13.1. The Kier molecular flexibility index (Phi) is 4.26. The fraction of sp³-hybridized carbons (Fsp3) is 0.0526. The van der Waals surface area contributed by atoms with Crippen LogP contribution in [-0.4, -0.2) is 20.9 Å². The third-order valence-corrected chi connectivity index (χ3v) is 3.80. The van der Waals surface area contributed by atoms with Crippen LogP contribution in [0.4, 0.5) is 11.6 Å². The molecule has 3 heterocycles. The van der Waals surface area contributed by atoms with Crippen molar-refractivity contribution in [3.63, 3.8) is 0 Å². The standard InChI is InChI=1S/C19H15N5O2/c25-18(24-16-7-1-4-13-5-2-8-20-17(13)16)14-10-21-19(22-11-14)23-12-15-6-3-9-26-15/h1-11H,12H2,(H,24,25)(H,21,22,23). The summed E-state index contributed by atoms with van der Waals surface area (Å²) in [7, 11) is 0. The molecule has 0 saturated carbocycles. The highest BCUT2D eigenvalue weighted by atomic mass is 16.3. The van der Waals surface area contributed by atoms with Crippen LogP contribution in [0, 0.1) is 0 Å². The van der Waals surface area contributed by atoms with Gasteiger partial charge in [0.15, 0.2) is 0 Å². The van der Waals surface area contributed by atoms with Crippen LogP contribution in [0.5, 0.6) is 0 Å². The van der Waals surface area contributed by atoms with Gasteiger partial charge in [-0.05, 0) is 24.3 Å². The Balaban J connectivity index is 1.46. The molecule has 0 radical (unpaired) electrons. The summed E-state index contributed by atoms with van der Waals surface area (Å²) in [6.07, 6.45) is 6.25. The highest BCUT2D eigenvalue weighted by Crippen LogP contribution is 2.21. The summed E-state index contributed by atoms with van der Waals surface area (Å²) < 4.78 is 5.23. The molecule has 7 nitrogen and oxygen atoms in total. The predicted molar refractivity (Wildman–Crippen MR) is 97.8 cm³/mol. The molecule has 0 aliphatic carbocycles. The van der Waals surface area contributed by atoms with Crippen molar-refractivity contribution in [2.45, 2.75) is 6.54 Å². The lowest BCUT2D eigenvalue weighted by atomic mass is 10.2. The maximum Gasteiger partial charge on any atom is 0.258 e. The molecule has 0 fully saturated rings. The van der Waals surface area contributed by atoms with E-state index in [1.54, 1.807) is 12.5 Å². The fourth-order valence-corrected chi connectivity index (χ4v) is 2.52. The number of pyridine rings is 1. The van der Waals surface area contributed by atoms with Gasteiger partial charge in [0.1, 0.15) is 5.76 Å². The highest BCUT2D eigenvalue weighted by Gasteiger charge is 2.10. The van der Waals surface area contributed by atoms with E-state index in [4.69, 9.17) is 4.42 Å². The second kappa shape index (κ2) is 7.02. The first-order valence-corrected chi connectivity index (χ1v) is 8.03. The number of anilines is 2. The molecule has 0 saturated heterocycles. The van der Waals surface area contributed by atoms with Gasteiger partial charge in [-0.25, -0.2) is 9.97 Å². The van der Waals surface area contributed by atoms with Crippen LogP contribution in [0.2, 0.25) is 0 Å². The second-order valence-corrected chi connectivity index (χ2v) is 5.56. The van der Waals surface area contributed by atoms with Gasteiger partial charge in [-0.2, -0.15) is 0 Å². The molecule has 7 heteroatoms. The normalized spacial score (nSPS) is 10.6. The Labute approximate surface area is 149 Å². The van der Waals surface area contributed by atoms with Crippen LogP contribution in [0.1, 0.15) is 16.1 Å². The Bertz CT molecular complexity index is 1020. The van der Waals surface area contributed by atoms with Gasteiger partial charge in [0, 0.05) is 24.0 Å². The lowest BCUT2D eigenvalue weighted by Crippen LogP contribution is -2.14. The van der Waals surface area contributed by atoms with E-state index < -0.39 is 0 Å². The van der Waals surface area contributed by atoms with E-state index in [0.717, 1.165) is 16.7 Å². The summed E-state index contributed by atoms with van der Waals surface area (Å²) in [5.41, 5.74) is 1.75. The molecule has 1 amide bonds. The molecule has 1 aromatic carbocycles. The van der Waals surface area contributed by atoms with Crippen molar-refractivity contribution in [3.05, 3.63) is 78.6 Å². The number of nitrogens with zero attached hydrogens (tertiary/aromatic N) is 3. The van der Waals surface area contributed by atoms with Crippen molar-refractivity contribution in [2.24, 2.45) is 0 Å². The molecule has 4 aromatic rings. The Hall–Kier alpha value is -3.74. The van der Waals surface area contributed by atoms with Crippen molar-refractivity contribution < 1.29 is 9.21 Å². The number of furan rings is 1. The molecule has 2 N–H and O–H groups in total. The van der Waals surface area contributed by atoms with Gasteiger partial charge in [0.25, 0.3) is 5.91 Å². The van der Waals surface area contributed by atoms with Crippen molar-refractivity contribution >= 4 is 28.4 Å². The topological polar surface area (TPSA) is 92.9 Å². The lowest BCUT2D eigenvalue weighted by Gasteiger charge is -2.08. The maximum atomic E-state index is 12.5. The molecule has 0 unspecified atom stereocenters. The SMILES string of the molecule is O=C(Nc1cccc2cccnc12)c1cnc(NCc2ccco2)nc1. The van der Waals surface area contributed by atoms with Gasteiger partial charge in [0.2, 0.25) is 5.95 Å². The lowest BCUT2D eigenvalue weighted by molar-refractivity contribution is 0.102. The first kappa shape index (κ1) is 15.8. The molecule has 0 spiro atoms. The number of aromatic nitrogens is 3. The van der Waals surface area contributed by atoms with Gasteiger partial charge in [-0.15, -0.1) is 0 Å². The minimum atomic E-state index is -0.291. The minimum absolute atomic E-state index is 0.291. The molecule has 0 aliphatic rings. The maximum absolute atomic E-state index is 12.5. The third kappa shape index (κ3) is 3.36. The number of carbonyl (C=O) groups excluding carboxylic acids is 1. The average molecular weight is 345 g/mol. The van der Waals surface area contributed by atoms with Crippen LogP contribution in [0.3, 0.4) is 0 Å². The number of hydrogen-bond acceptors (Lipinski definition) is 6. The van der Waals surface area contributed by atoms with Crippen LogP contribution >= 0.6 is 0 Å².